The van der Waals surface area contributed by atoms with E-state index in [0.717, 1.165) is 18.9 Å². The topological polar surface area (TPSA) is 49.0 Å². The van der Waals surface area contributed by atoms with Crippen molar-refractivity contribution in [2.45, 2.75) is 32.2 Å². The number of aromatic nitrogens is 2. The number of nitrogens with one attached hydrogen (secondary N) is 1. The van der Waals surface area contributed by atoms with Gasteiger partial charge in [-0.15, -0.1) is 0 Å². The fourth-order valence-electron chi connectivity index (χ4n) is 2.06. The molecule has 1 amide bonds. The van der Waals surface area contributed by atoms with E-state index >= 15 is 0 Å². The minimum atomic E-state index is -2.64. The van der Waals surface area contributed by atoms with Crippen LogP contribution in [0.25, 0.3) is 0 Å². The average molecular weight is 255 g/mol. The number of nitrogens with zero attached hydrogens (tertiary/aromatic N) is 2. The number of alkyl halides is 2. The van der Waals surface area contributed by atoms with E-state index in [9.17, 15) is 13.6 Å². The van der Waals surface area contributed by atoms with Crippen molar-refractivity contribution in [1.82, 2.24) is 15.1 Å². The molecule has 1 aromatic heterocycles. The van der Waals surface area contributed by atoms with Crippen LogP contribution in [0.15, 0.2) is 18.2 Å². The molecule has 0 radical (unpaired) electrons. The van der Waals surface area contributed by atoms with Gasteiger partial charge in [0.05, 0.1) is 6.04 Å². The summed E-state index contributed by atoms with van der Waals surface area (Å²) in [5.74, 6) is -0.304. The molecule has 0 unspecified atom stereocenters. The molecular formula is C12H15F2N3O. The van der Waals surface area contributed by atoms with Gasteiger partial charge < -0.3 is 4.90 Å². The highest BCUT2D eigenvalue weighted by Gasteiger charge is 2.27. The number of hydrogen-bond donors (Lipinski definition) is 1. The molecule has 0 saturated heterocycles. The standard InChI is InChI=1S/C12H15F2N3O/c1-2-4-8-5-3-6-17(8)12(18)10-7-9(11(13)14)15-16-10/h3,5,7-8,11H,2,4,6H2,1H3,(H,15,16)/t8-/m1/s1. The summed E-state index contributed by atoms with van der Waals surface area (Å²) in [4.78, 5) is 13.8. The molecule has 4 nitrogen and oxygen atoms in total. The van der Waals surface area contributed by atoms with E-state index in [0.29, 0.717) is 6.54 Å². The monoisotopic (exact) mass is 255 g/mol. The normalized spacial score (nSPS) is 18.9. The van der Waals surface area contributed by atoms with E-state index in [1.54, 1.807) is 4.90 Å². The van der Waals surface area contributed by atoms with E-state index in [1.165, 1.54) is 0 Å². The quantitative estimate of drug-likeness (QED) is 0.840. The molecule has 0 saturated carbocycles. The van der Waals surface area contributed by atoms with Gasteiger partial charge >= 0.3 is 0 Å². The molecule has 1 atom stereocenters. The number of halogens is 2. The van der Waals surface area contributed by atoms with Crippen LogP contribution < -0.4 is 0 Å². The molecular weight excluding hydrogens is 240 g/mol. The third-order valence-corrected chi connectivity index (χ3v) is 2.96. The van der Waals surface area contributed by atoms with Crippen LogP contribution in [0.5, 0.6) is 0 Å². The number of hydrogen-bond acceptors (Lipinski definition) is 2. The van der Waals surface area contributed by atoms with E-state index in [2.05, 4.69) is 10.2 Å². The van der Waals surface area contributed by atoms with Gasteiger partial charge in [-0.3, -0.25) is 9.89 Å². The predicted molar refractivity (Wildman–Crippen MR) is 62.4 cm³/mol. The highest BCUT2D eigenvalue weighted by molar-refractivity contribution is 5.93. The maximum Gasteiger partial charge on any atom is 0.279 e. The molecule has 98 valence electrons. The molecule has 2 rings (SSSR count). The van der Waals surface area contributed by atoms with Crippen molar-refractivity contribution in [3.8, 4) is 0 Å². The van der Waals surface area contributed by atoms with Gasteiger partial charge in [0.15, 0.2) is 5.69 Å². The van der Waals surface area contributed by atoms with E-state index in [1.807, 2.05) is 19.1 Å². The van der Waals surface area contributed by atoms with Gasteiger partial charge in [0.2, 0.25) is 0 Å². The molecule has 6 heteroatoms. The van der Waals surface area contributed by atoms with E-state index in [4.69, 9.17) is 0 Å². The van der Waals surface area contributed by atoms with Crippen molar-refractivity contribution in [1.29, 1.82) is 0 Å². The molecule has 0 spiro atoms. The smallest absolute Gasteiger partial charge is 0.279 e. The Morgan fingerprint density at radius 1 is 1.67 bits per heavy atom. The average Bonchev–Trinajstić information content (AvgIpc) is 2.97. The Labute approximate surface area is 104 Å². The first-order valence-corrected chi connectivity index (χ1v) is 5.94. The summed E-state index contributed by atoms with van der Waals surface area (Å²) in [7, 11) is 0. The molecule has 0 aromatic carbocycles. The molecule has 2 heterocycles. The number of carbonyl (C=O) groups excluding carboxylic acids is 1. The Kier molecular flexibility index (Phi) is 3.74. The second-order valence-corrected chi connectivity index (χ2v) is 4.25. The van der Waals surface area contributed by atoms with Crippen LogP contribution in [-0.2, 0) is 0 Å². The highest BCUT2D eigenvalue weighted by atomic mass is 19.3. The van der Waals surface area contributed by atoms with E-state index in [-0.39, 0.29) is 23.3 Å². The lowest BCUT2D eigenvalue weighted by Crippen LogP contribution is -2.36. The van der Waals surface area contributed by atoms with Crippen LogP contribution in [0.3, 0.4) is 0 Å². The lowest BCUT2D eigenvalue weighted by Gasteiger charge is -2.23. The van der Waals surface area contributed by atoms with Crippen LogP contribution >= 0.6 is 0 Å². The van der Waals surface area contributed by atoms with Gasteiger partial charge in [-0.25, -0.2) is 8.78 Å². The van der Waals surface area contributed by atoms with Crippen molar-refractivity contribution >= 4 is 5.91 Å². The Morgan fingerprint density at radius 2 is 2.44 bits per heavy atom. The van der Waals surface area contributed by atoms with Gasteiger partial charge in [0.25, 0.3) is 12.3 Å². The summed E-state index contributed by atoms with van der Waals surface area (Å²) in [5.41, 5.74) is -0.271. The third-order valence-electron chi connectivity index (χ3n) is 2.96. The molecule has 1 aromatic rings. The summed E-state index contributed by atoms with van der Waals surface area (Å²) in [6.45, 7) is 2.55. The Balaban J connectivity index is 2.10. The molecule has 1 aliphatic heterocycles. The minimum Gasteiger partial charge on any atom is -0.327 e. The highest BCUT2D eigenvalue weighted by Crippen LogP contribution is 2.20. The number of amides is 1. The summed E-state index contributed by atoms with van der Waals surface area (Å²) in [6.07, 6.45) is 3.08. The minimum absolute atomic E-state index is 0.0502. The molecule has 18 heavy (non-hydrogen) atoms. The molecule has 1 aliphatic rings. The number of H-pyrrole nitrogens is 1. The summed E-state index contributed by atoms with van der Waals surface area (Å²) in [6, 6.07) is 1.17. The zero-order chi connectivity index (χ0) is 13.1. The van der Waals surface area contributed by atoms with Crippen molar-refractivity contribution in [3.63, 3.8) is 0 Å². The van der Waals surface area contributed by atoms with Crippen LogP contribution in [-0.4, -0.2) is 33.6 Å². The second kappa shape index (κ2) is 5.29. The van der Waals surface area contributed by atoms with Gasteiger partial charge in [-0.2, -0.15) is 5.10 Å². The fourth-order valence-corrected chi connectivity index (χ4v) is 2.06. The first-order valence-electron chi connectivity index (χ1n) is 5.94. The van der Waals surface area contributed by atoms with Crippen molar-refractivity contribution < 1.29 is 13.6 Å². The van der Waals surface area contributed by atoms with Crippen LogP contribution in [0, 0.1) is 0 Å². The third kappa shape index (κ3) is 2.42. The van der Waals surface area contributed by atoms with Gasteiger partial charge in [-0.1, -0.05) is 25.5 Å². The van der Waals surface area contributed by atoms with Gasteiger partial charge in [-0.05, 0) is 12.5 Å². The molecule has 1 N–H and O–H groups in total. The first kappa shape index (κ1) is 12.7. The SMILES string of the molecule is CCC[C@@H]1C=CCN1C(=O)c1cc(C(F)F)[nH]n1. The van der Waals surface area contributed by atoms with Crippen molar-refractivity contribution in [2.75, 3.05) is 6.54 Å². The number of aromatic amines is 1. The molecule has 0 fully saturated rings. The van der Waals surface area contributed by atoms with Crippen molar-refractivity contribution in [2.24, 2.45) is 0 Å². The fraction of sp³-hybridized carbons (Fsp3) is 0.500. The van der Waals surface area contributed by atoms with Crippen LogP contribution in [0.2, 0.25) is 0 Å². The van der Waals surface area contributed by atoms with Crippen molar-refractivity contribution in [3.05, 3.63) is 29.6 Å². The summed E-state index contributed by atoms with van der Waals surface area (Å²) in [5, 5.41) is 5.84. The maximum absolute atomic E-state index is 12.4. The zero-order valence-corrected chi connectivity index (χ0v) is 10.1. The number of rotatable bonds is 4. The Hall–Kier alpha value is -1.72. The second-order valence-electron chi connectivity index (χ2n) is 4.25. The van der Waals surface area contributed by atoms with Crippen LogP contribution in [0.4, 0.5) is 8.78 Å². The molecule has 0 aliphatic carbocycles. The molecule has 0 bridgehead atoms. The maximum atomic E-state index is 12.4. The Morgan fingerprint density at radius 3 is 3.06 bits per heavy atom. The van der Waals surface area contributed by atoms with Gasteiger partial charge in [0.1, 0.15) is 5.69 Å². The lowest BCUT2D eigenvalue weighted by molar-refractivity contribution is 0.0738. The summed E-state index contributed by atoms with van der Waals surface area (Å²) < 4.78 is 24.8. The first-order chi connectivity index (χ1) is 8.63. The zero-order valence-electron chi connectivity index (χ0n) is 10.1. The largest absolute Gasteiger partial charge is 0.327 e. The predicted octanol–water partition coefficient (Wildman–Crippen LogP) is 2.53. The lowest BCUT2D eigenvalue weighted by atomic mass is 10.1. The Bertz CT molecular complexity index is 456. The van der Waals surface area contributed by atoms with Crippen LogP contribution in [0.1, 0.15) is 42.4 Å². The van der Waals surface area contributed by atoms with E-state index < -0.39 is 6.43 Å². The number of carbonyl (C=O) groups is 1. The summed E-state index contributed by atoms with van der Waals surface area (Å²) >= 11 is 0. The van der Waals surface area contributed by atoms with Gasteiger partial charge in [0, 0.05) is 6.54 Å².